The number of aryl methyl sites for hydroxylation is 1. The van der Waals surface area contributed by atoms with Gasteiger partial charge in [-0.3, -0.25) is 0 Å². The molecule has 3 rings (SSSR count). The molecule has 0 aliphatic carbocycles. The van der Waals surface area contributed by atoms with Crippen molar-refractivity contribution in [1.82, 2.24) is 20.3 Å². The van der Waals surface area contributed by atoms with E-state index >= 15 is 0 Å². The Kier molecular flexibility index (Phi) is 3.48. The summed E-state index contributed by atoms with van der Waals surface area (Å²) >= 11 is 0. The number of benzene rings is 1. The number of H-pyrrole nitrogens is 1. The van der Waals surface area contributed by atoms with Gasteiger partial charge in [-0.25, -0.2) is 9.97 Å². The summed E-state index contributed by atoms with van der Waals surface area (Å²) in [7, 11) is 0. The number of hydrogen-bond acceptors (Lipinski definition) is 3. The molecule has 0 saturated carbocycles. The molecule has 2 heterocycles. The van der Waals surface area contributed by atoms with Crippen molar-refractivity contribution in [1.29, 1.82) is 0 Å². The summed E-state index contributed by atoms with van der Waals surface area (Å²) < 4.78 is 0. The number of fused-ring (bicyclic) bond motifs is 1. The zero-order valence-electron chi connectivity index (χ0n) is 11.8. The van der Waals surface area contributed by atoms with E-state index in [0.29, 0.717) is 6.54 Å². The van der Waals surface area contributed by atoms with Gasteiger partial charge in [0.05, 0.1) is 12.2 Å². The maximum Gasteiger partial charge on any atom is 0.142 e. The lowest BCUT2D eigenvalue weighted by Crippen LogP contribution is -2.14. The van der Waals surface area contributed by atoms with Crippen LogP contribution in [0.1, 0.15) is 18.4 Å². The molecule has 4 nitrogen and oxygen atoms in total. The Bertz CT molecular complexity index is 730. The third-order valence-corrected chi connectivity index (χ3v) is 3.39. The first-order chi connectivity index (χ1) is 9.79. The van der Waals surface area contributed by atoms with Crippen molar-refractivity contribution in [2.24, 2.45) is 0 Å². The number of rotatable bonds is 4. The van der Waals surface area contributed by atoms with E-state index in [-0.39, 0.29) is 0 Å². The molecule has 20 heavy (non-hydrogen) atoms. The minimum Gasteiger partial charge on any atom is -0.358 e. The minimum absolute atomic E-state index is 0.700. The molecule has 1 aromatic carbocycles. The molecular formula is C16H18N4. The van der Waals surface area contributed by atoms with Gasteiger partial charge in [0.2, 0.25) is 0 Å². The second-order valence-corrected chi connectivity index (χ2v) is 4.81. The Morgan fingerprint density at radius 3 is 2.90 bits per heavy atom. The van der Waals surface area contributed by atoms with E-state index in [9.17, 15) is 0 Å². The van der Waals surface area contributed by atoms with Gasteiger partial charge in [-0.1, -0.05) is 25.1 Å². The first kappa shape index (κ1) is 12.8. The van der Waals surface area contributed by atoms with Gasteiger partial charge in [-0.05, 0) is 25.6 Å². The quantitative estimate of drug-likeness (QED) is 0.763. The SMILES string of the molecule is CCNCc1nccc(-c2c(C)[nH]c3ccccc23)n1. The second-order valence-electron chi connectivity index (χ2n) is 4.81. The van der Waals surface area contributed by atoms with E-state index in [2.05, 4.69) is 52.3 Å². The second kappa shape index (κ2) is 5.43. The summed E-state index contributed by atoms with van der Waals surface area (Å²) in [6, 6.07) is 10.3. The zero-order valence-corrected chi connectivity index (χ0v) is 11.8. The highest BCUT2D eigenvalue weighted by molar-refractivity contribution is 5.96. The highest BCUT2D eigenvalue weighted by atomic mass is 15.0. The molecule has 102 valence electrons. The van der Waals surface area contributed by atoms with E-state index < -0.39 is 0 Å². The van der Waals surface area contributed by atoms with Crippen molar-refractivity contribution in [2.75, 3.05) is 6.54 Å². The Morgan fingerprint density at radius 1 is 1.20 bits per heavy atom. The molecule has 0 spiro atoms. The van der Waals surface area contributed by atoms with E-state index in [1.54, 1.807) is 0 Å². The van der Waals surface area contributed by atoms with Crippen LogP contribution >= 0.6 is 0 Å². The molecule has 0 aliphatic heterocycles. The average molecular weight is 266 g/mol. The third-order valence-electron chi connectivity index (χ3n) is 3.39. The smallest absolute Gasteiger partial charge is 0.142 e. The van der Waals surface area contributed by atoms with Gasteiger partial charge in [0.25, 0.3) is 0 Å². The van der Waals surface area contributed by atoms with Gasteiger partial charge in [0.1, 0.15) is 5.82 Å². The van der Waals surface area contributed by atoms with Crippen LogP contribution in [-0.2, 0) is 6.54 Å². The number of aromatic amines is 1. The van der Waals surface area contributed by atoms with Crippen molar-refractivity contribution in [2.45, 2.75) is 20.4 Å². The Morgan fingerprint density at radius 2 is 2.05 bits per heavy atom. The van der Waals surface area contributed by atoms with Gasteiger partial charge < -0.3 is 10.3 Å². The van der Waals surface area contributed by atoms with E-state index in [4.69, 9.17) is 0 Å². The van der Waals surface area contributed by atoms with Crippen molar-refractivity contribution < 1.29 is 0 Å². The van der Waals surface area contributed by atoms with Gasteiger partial charge in [-0.2, -0.15) is 0 Å². The number of para-hydroxylation sites is 1. The van der Waals surface area contributed by atoms with Crippen molar-refractivity contribution >= 4 is 10.9 Å². The zero-order chi connectivity index (χ0) is 13.9. The molecule has 2 aromatic heterocycles. The molecule has 0 atom stereocenters. The summed E-state index contributed by atoms with van der Waals surface area (Å²) in [6.45, 7) is 5.78. The van der Waals surface area contributed by atoms with E-state index in [1.807, 2.05) is 18.3 Å². The van der Waals surface area contributed by atoms with E-state index in [1.165, 1.54) is 10.9 Å². The highest BCUT2D eigenvalue weighted by Crippen LogP contribution is 2.30. The lowest BCUT2D eigenvalue weighted by atomic mass is 10.1. The Hall–Kier alpha value is -2.20. The fourth-order valence-electron chi connectivity index (χ4n) is 2.47. The first-order valence-corrected chi connectivity index (χ1v) is 6.90. The molecule has 3 aromatic rings. The molecule has 0 radical (unpaired) electrons. The minimum atomic E-state index is 0.700. The molecule has 2 N–H and O–H groups in total. The predicted octanol–water partition coefficient (Wildman–Crippen LogP) is 3.04. The maximum atomic E-state index is 4.67. The Balaban J connectivity index is 2.08. The molecule has 0 fully saturated rings. The fourth-order valence-corrected chi connectivity index (χ4v) is 2.47. The first-order valence-electron chi connectivity index (χ1n) is 6.90. The van der Waals surface area contributed by atoms with Gasteiger partial charge in [0, 0.05) is 28.4 Å². The van der Waals surface area contributed by atoms with Crippen LogP contribution < -0.4 is 5.32 Å². The third kappa shape index (κ3) is 2.30. The molecule has 0 aliphatic rings. The molecule has 0 bridgehead atoms. The summed E-state index contributed by atoms with van der Waals surface area (Å²) in [5.74, 6) is 0.828. The Labute approximate surface area is 118 Å². The summed E-state index contributed by atoms with van der Waals surface area (Å²) in [6.07, 6.45) is 1.83. The van der Waals surface area contributed by atoms with Crippen LogP contribution in [0.4, 0.5) is 0 Å². The summed E-state index contributed by atoms with van der Waals surface area (Å²) in [5.41, 5.74) is 4.43. The van der Waals surface area contributed by atoms with Crippen LogP contribution in [0.3, 0.4) is 0 Å². The van der Waals surface area contributed by atoms with Crippen LogP contribution in [0, 0.1) is 6.92 Å². The largest absolute Gasteiger partial charge is 0.358 e. The molecule has 0 unspecified atom stereocenters. The van der Waals surface area contributed by atoms with Gasteiger partial charge >= 0.3 is 0 Å². The van der Waals surface area contributed by atoms with E-state index in [0.717, 1.165) is 29.3 Å². The lowest BCUT2D eigenvalue weighted by Gasteiger charge is -2.04. The molecule has 0 saturated heterocycles. The number of nitrogens with zero attached hydrogens (tertiary/aromatic N) is 2. The van der Waals surface area contributed by atoms with Crippen LogP contribution in [-0.4, -0.2) is 21.5 Å². The molecule has 4 heteroatoms. The van der Waals surface area contributed by atoms with Crippen LogP contribution in [0.2, 0.25) is 0 Å². The summed E-state index contributed by atoms with van der Waals surface area (Å²) in [4.78, 5) is 12.4. The maximum absolute atomic E-state index is 4.67. The number of nitrogens with one attached hydrogen (secondary N) is 2. The molecule has 0 amide bonds. The van der Waals surface area contributed by atoms with Crippen molar-refractivity contribution in [3.05, 3.63) is 48.0 Å². The average Bonchev–Trinajstić information content (AvgIpc) is 2.81. The lowest BCUT2D eigenvalue weighted by molar-refractivity contribution is 0.691. The fraction of sp³-hybridized carbons (Fsp3) is 0.250. The number of aromatic nitrogens is 3. The normalized spacial score (nSPS) is 11.1. The monoisotopic (exact) mass is 266 g/mol. The van der Waals surface area contributed by atoms with Crippen LogP contribution in [0.5, 0.6) is 0 Å². The molecular weight excluding hydrogens is 248 g/mol. The van der Waals surface area contributed by atoms with Gasteiger partial charge in [0.15, 0.2) is 0 Å². The summed E-state index contributed by atoms with van der Waals surface area (Å²) in [5, 5.41) is 4.46. The van der Waals surface area contributed by atoms with Crippen LogP contribution in [0.15, 0.2) is 36.5 Å². The topological polar surface area (TPSA) is 53.6 Å². The predicted molar refractivity (Wildman–Crippen MR) is 81.4 cm³/mol. The van der Waals surface area contributed by atoms with Crippen molar-refractivity contribution in [3.8, 4) is 11.3 Å². The van der Waals surface area contributed by atoms with Crippen LogP contribution in [0.25, 0.3) is 22.2 Å². The standard InChI is InChI=1S/C16H18N4/c1-3-17-10-15-18-9-8-14(20-15)16-11(2)19-13-7-5-4-6-12(13)16/h4-9,17,19H,3,10H2,1-2H3. The van der Waals surface area contributed by atoms with Crippen molar-refractivity contribution in [3.63, 3.8) is 0 Å². The van der Waals surface area contributed by atoms with Gasteiger partial charge in [-0.15, -0.1) is 0 Å². The highest BCUT2D eigenvalue weighted by Gasteiger charge is 2.11. The number of hydrogen-bond donors (Lipinski definition) is 2.